The van der Waals surface area contributed by atoms with Gasteiger partial charge in [-0.1, -0.05) is 44.2 Å². The topological polar surface area (TPSA) is 118 Å². The number of aromatic nitrogens is 1. The van der Waals surface area contributed by atoms with E-state index in [4.69, 9.17) is 0 Å². The first-order chi connectivity index (χ1) is 21.7. The van der Waals surface area contributed by atoms with Gasteiger partial charge >= 0.3 is 0 Å². The number of anilines is 4. The third-order valence-electron chi connectivity index (χ3n) is 8.21. The highest BCUT2D eigenvalue weighted by Crippen LogP contribution is 2.37. The highest BCUT2D eigenvalue weighted by Gasteiger charge is 2.26. The summed E-state index contributed by atoms with van der Waals surface area (Å²) < 4.78 is 0. The molecule has 9 nitrogen and oxygen atoms in total. The molecule has 1 aliphatic heterocycles. The molecule has 9 heteroatoms. The lowest BCUT2D eigenvalue weighted by atomic mass is 10.0. The molecule has 2 heterocycles. The zero-order valence-corrected chi connectivity index (χ0v) is 26.4. The molecule has 0 fully saturated rings. The van der Waals surface area contributed by atoms with Gasteiger partial charge in [-0.15, -0.1) is 0 Å². The van der Waals surface area contributed by atoms with Crippen LogP contribution in [-0.2, 0) is 4.79 Å². The minimum Gasteiger partial charge on any atom is -0.358 e. The fraction of sp³-hybridized carbons (Fsp3) is 0.250. The molecule has 4 aromatic rings. The molecule has 3 amide bonds. The number of likely N-dealkylation sites (N-methyl/N-ethyl adjacent to an activating group) is 1. The van der Waals surface area contributed by atoms with Crippen molar-refractivity contribution >= 4 is 52.1 Å². The fourth-order valence-electron chi connectivity index (χ4n) is 5.56. The second-order valence-electron chi connectivity index (χ2n) is 11.2. The third kappa shape index (κ3) is 6.99. The summed E-state index contributed by atoms with van der Waals surface area (Å²) in [5, 5.41) is 12.4. The normalized spacial score (nSPS) is 13.1. The van der Waals surface area contributed by atoms with Gasteiger partial charge in [0.05, 0.1) is 16.8 Å². The van der Waals surface area contributed by atoms with Crippen LogP contribution in [0.2, 0.25) is 0 Å². The molecule has 0 saturated carbocycles. The zero-order valence-electron chi connectivity index (χ0n) is 26.4. The van der Waals surface area contributed by atoms with Crippen LogP contribution < -0.4 is 21.3 Å². The van der Waals surface area contributed by atoms with Gasteiger partial charge in [0.25, 0.3) is 17.7 Å². The van der Waals surface area contributed by atoms with Crippen molar-refractivity contribution in [2.24, 2.45) is 0 Å². The van der Waals surface area contributed by atoms with Crippen molar-refractivity contribution in [1.82, 2.24) is 15.2 Å². The van der Waals surface area contributed by atoms with E-state index >= 15 is 0 Å². The number of nitrogens with one attached hydrogen (secondary N) is 5. The molecule has 0 radical (unpaired) electrons. The number of H-pyrrole nitrogens is 1. The first-order valence-electron chi connectivity index (χ1n) is 15.3. The Balaban J connectivity index is 1.32. The number of aryl methyl sites for hydroxylation is 2. The maximum Gasteiger partial charge on any atom is 0.256 e. The molecule has 1 aliphatic rings. The summed E-state index contributed by atoms with van der Waals surface area (Å²) in [4.78, 5) is 44.3. The molecule has 0 aliphatic carbocycles. The standard InChI is InChI=1S/C36H40N6O3/c1-6-42(7-2)18-17-37-36(45)33-23(4)31(38-24(33)5)21-29-28-16-15-26(20-32(28)41-35(29)44)39-30-19-27(14-13-22(30)3)40-34(43)25-11-9-8-10-12-25/h8-16,19-21,38-39H,6-7,17-18H2,1-5H3,(H,37,45)(H,40,43)(H,41,44)/b29-21-. The number of fused-ring (bicyclic) bond motifs is 1. The van der Waals surface area contributed by atoms with E-state index in [1.807, 2.05) is 81.4 Å². The molecule has 0 unspecified atom stereocenters. The van der Waals surface area contributed by atoms with E-state index in [-0.39, 0.29) is 17.7 Å². The molecular weight excluding hydrogens is 564 g/mol. The number of benzene rings is 3. The smallest absolute Gasteiger partial charge is 0.256 e. The molecule has 0 saturated heterocycles. The Kier molecular flexibility index (Phi) is 9.49. The van der Waals surface area contributed by atoms with Crippen LogP contribution >= 0.6 is 0 Å². The van der Waals surface area contributed by atoms with Crippen LogP contribution in [0.25, 0.3) is 11.6 Å². The monoisotopic (exact) mass is 604 g/mol. The first-order valence-corrected chi connectivity index (χ1v) is 15.3. The van der Waals surface area contributed by atoms with Gasteiger partial charge in [-0.2, -0.15) is 0 Å². The summed E-state index contributed by atoms with van der Waals surface area (Å²) in [6, 6.07) is 20.5. The molecular formula is C36H40N6O3. The highest BCUT2D eigenvalue weighted by atomic mass is 16.2. The Hall–Kier alpha value is -5.15. The number of rotatable bonds is 11. The molecule has 5 N–H and O–H groups in total. The van der Waals surface area contributed by atoms with E-state index in [0.717, 1.165) is 59.1 Å². The summed E-state index contributed by atoms with van der Waals surface area (Å²) in [5.74, 6) is -0.509. The van der Waals surface area contributed by atoms with Gasteiger partial charge in [-0.05, 0) is 87.5 Å². The number of aromatic amines is 1. The van der Waals surface area contributed by atoms with Gasteiger partial charge in [0, 0.05) is 52.7 Å². The quantitative estimate of drug-likeness (QED) is 0.125. The van der Waals surface area contributed by atoms with Crippen LogP contribution in [0.3, 0.4) is 0 Å². The van der Waals surface area contributed by atoms with E-state index in [1.165, 1.54) is 0 Å². The highest BCUT2D eigenvalue weighted by molar-refractivity contribution is 6.35. The van der Waals surface area contributed by atoms with Crippen LogP contribution in [0.1, 0.15) is 62.6 Å². The Bertz CT molecular complexity index is 1770. The average molecular weight is 605 g/mol. The summed E-state index contributed by atoms with van der Waals surface area (Å²) >= 11 is 0. The lowest BCUT2D eigenvalue weighted by Gasteiger charge is -2.18. The molecule has 45 heavy (non-hydrogen) atoms. The van der Waals surface area contributed by atoms with Crippen molar-refractivity contribution in [3.63, 3.8) is 0 Å². The second kappa shape index (κ2) is 13.7. The summed E-state index contributed by atoms with van der Waals surface area (Å²) in [7, 11) is 0. The fourth-order valence-corrected chi connectivity index (χ4v) is 5.56. The van der Waals surface area contributed by atoms with Gasteiger partial charge in [0.15, 0.2) is 0 Å². The van der Waals surface area contributed by atoms with Crippen LogP contribution in [0, 0.1) is 20.8 Å². The lowest BCUT2D eigenvalue weighted by Crippen LogP contribution is -2.35. The van der Waals surface area contributed by atoms with Crippen LogP contribution in [0.4, 0.5) is 22.7 Å². The molecule has 3 aromatic carbocycles. The summed E-state index contributed by atoms with van der Waals surface area (Å²) in [6.45, 7) is 13.2. The van der Waals surface area contributed by atoms with Crippen molar-refractivity contribution in [1.29, 1.82) is 0 Å². The van der Waals surface area contributed by atoms with E-state index in [1.54, 1.807) is 12.1 Å². The van der Waals surface area contributed by atoms with Crippen LogP contribution in [0.5, 0.6) is 0 Å². The van der Waals surface area contributed by atoms with Gasteiger partial charge < -0.3 is 31.2 Å². The Morgan fingerprint density at radius 3 is 2.36 bits per heavy atom. The maximum atomic E-state index is 13.1. The Labute approximate surface area is 264 Å². The zero-order chi connectivity index (χ0) is 32.1. The van der Waals surface area contributed by atoms with Crippen molar-refractivity contribution in [2.45, 2.75) is 34.6 Å². The van der Waals surface area contributed by atoms with Crippen molar-refractivity contribution in [3.05, 3.63) is 106 Å². The van der Waals surface area contributed by atoms with Crippen molar-refractivity contribution in [2.75, 3.05) is 42.1 Å². The first kappa shape index (κ1) is 31.3. The van der Waals surface area contributed by atoms with Gasteiger partial charge in [0.1, 0.15) is 0 Å². The minimum absolute atomic E-state index is 0.121. The maximum absolute atomic E-state index is 13.1. The van der Waals surface area contributed by atoms with Gasteiger partial charge in [0.2, 0.25) is 0 Å². The predicted molar refractivity (Wildman–Crippen MR) is 182 cm³/mol. The number of hydrogen-bond acceptors (Lipinski definition) is 5. The van der Waals surface area contributed by atoms with Crippen LogP contribution in [-0.4, -0.2) is 53.8 Å². The Morgan fingerprint density at radius 2 is 1.62 bits per heavy atom. The lowest BCUT2D eigenvalue weighted by molar-refractivity contribution is -0.110. The third-order valence-corrected chi connectivity index (χ3v) is 8.21. The number of carbonyl (C=O) groups excluding carboxylic acids is 3. The molecule has 0 bridgehead atoms. The molecule has 232 valence electrons. The average Bonchev–Trinajstić information content (AvgIpc) is 3.50. The number of carbonyl (C=O) groups is 3. The molecule has 5 rings (SSSR count). The molecule has 1 aromatic heterocycles. The van der Waals surface area contributed by atoms with Gasteiger partial charge in [-0.3, -0.25) is 14.4 Å². The van der Waals surface area contributed by atoms with Crippen molar-refractivity contribution in [3.8, 4) is 0 Å². The van der Waals surface area contributed by atoms with E-state index in [9.17, 15) is 14.4 Å². The number of amides is 3. The second-order valence-corrected chi connectivity index (χ2v) is 11.2. The van der Waals surface area contributed by atoms with Crippen molar-refractivity contribution < 1.29 is 14.4 Å². The summed E-state index contributed by atoms with van der Waals surface area (Å²) in [5.41, 5.74) is 8.78. The van der Waals surface area contributed by atoms with E-state index in [0.29, 0.717) is 34.6 Å². The van der Waals surface area contributed by atoms with Gasteiger partial charge in [-0.25, -0.2) is 0 Å². The minimum atomic E-state index is -0.208. The van der Waals surface area contributed by atoms with E-state index < -0.39 is 0 Å². The molecule has 0 spiro atoms. The number of hydrogen-bond donors (Lipinski definition) is 5. The predicted octanol–water partition coefficient (Wildman–Crippen LogP) is 6.50. The SMILES string of the molecule is CCN(CC)CCNC(=O)c1c(C)[nH]c(/C=C2\C(=O)Nc3cc(Nc4cc(NC(=O)c5ccccc5)ccc4C)ccc32)c1C. The summed E-state index contributed by atoms with van der Waals surface area (Å²) in [6.07, 6.45) is 1.81. The largest absolute Gasteiger partial charge is 0.358 e. The Morgan fingerprint density at radius 1 is 0.889 bits per heavy atom. The molecule has 0 atom stereocenters. The number of nitrogens with zero attached hydrogens (tertiary/aromatic N) is 1. The van der Waals surface area contributed by atoms with E-state index in [2.05, 4.69) is 45.0 Å². The van der Waals surface area contributed by atoms with Crippen LogP contribution in [0.15, 0.2) is 66.7 Å².